The Bertz CT molecular complexity index is 183. The van der Waals surface area contributed by atoms with Gasteiger partial charge in [-0.15, -0.1) is 5.92 Å². The molecule has 1 aliphatic rings. The summed E-state index contributed by atoms with van der Waals surface area (Å²) in [6, 6.07) is 0. The molecule has 12 heavy (non-hydrogen) atoms. The topological polar surface area (TPSA) is 9.23 Å². The minimum absolute atomic E-state index is 0.152. The van der Waals surface area contributed by atoms with Gasteiger partial charge in [0.25, 0.3) is 0 Å². The van der Waals surface area contributed by atoms with Gasteiger partial charge in [-0.2, -0.15) is 0 Å². The van der Waals surface area contributed by atoms with Crippen LogP contribution < -0.4 is 0 Å². The van der Waals surface area contributed by atoms with Crippen molar-refractivity contribution in [2.75, 3.05) is 13.2 Å². The second-order valence-corrected chi connectivity index (χ2v) is 4.49. The second kappa shape index (κ2) is 3.96. The third kappa shape index (κ3) is 3.78. The van der Waals surface area contributed by atoms with Crippen molar-refractivity contribution in [3.05, 3.63) is 0 Å². The normalized spacial score (nSPS) is 23.4. The van der Waals surface area contributed by atoms with Crippen LogP contribution in [0.15, 0.2) is 0 Å². The van der Waals surface area contributed by atoms with Crippen LogP contribution in [-0.4, -0.2) is 13.2 Å². The van der Waals surface area contributed by atoms with Crippen LogP contribution in [0.3, 0.4) is 0 Å². The van der Waals surface area contributed by atoms with E-state index in [4.69, 9.17) is 4.74 Å². The Morgan fingerprint density at radius 2 is 2.17 bits per heavy atom. The first-order chi connectivity index (χ1) is 5.58. The molecule has 1 fully saturated rings. The lowest BCUT2D eigenvalue weighted by Crippen LogP contribution is -2.01. The lowest BCUT2D eigenvalue weighted by atomic mass is 9.96. The van der Waals surface area contributed by atoms with Gasteiger partial charge in [0.15, 0.2) is 0 Å². The number of hydrogen-bond acceptors (Lipinski definition) is 1. The molecule has 1 rings (SSSR count). The van der Waals surface area contributed by atoms with Crippen LogP contribution >= 0.6 is 0 Å². The van der Waals surface area contributed by atoms with E-state index in [0.29, 0.717) is 5.92 Å². The van der Waals surface area contributed by atoms with Crippen molar-refractivity contribution in [3.8, 4) is 11.8 Å². The minimum Gasteiger partial charge on any atom is -0.381 e. The molecule has 1 unspecified atom stereocenters. The van der Waals surface area contributed by atoms with E-state index in [1.807, 2.05) is 0 Å². The van der Waals surface area contributed by atoms with Crippen molar-refractivity contribution >= 4 is 0 Å². The summed E-state index contributed by atoms with van der Waals surface area (Å²) in [7, 11) is 0. The van der Waals surface area contributed by atoms with Gasteiger partial charge in [0.2, 0.25) is 0 Å². The summed E-state index contributed by atoms with van der Waals surface area (Å²) in [4.78, 5) is 0. The molecule has 0 aliphatic carbocycles. The molecule has 1 heteroatoms. The molecule has 0 amide bonds. The smallest absolute Gasteiger partial charge is 0.0504 e. The Hall–Kier alpha value is -0.480. The Balaban J connectivity index is 2.26. The average Bonchev–Trinajstić information content (AvgIpc) is 2.36. The van der Waals surface area contributed by atoms with E-state index in [2.05, 4.69) is 32.6 Å². The van der Waals surface area contributed by atoms with E-state index < -0.39 is 0 Å². The zero-order valence-electron chi connectivity index (χ0n) is 8.31. The molecule has 0 bridgehead atoms. The van der Waals surface area contributed by atoms with Crippen LogP contribution in [0.1, 0.15) is 33.6 Å². The maximum absolute atomic E-state index is 5.27. The Labute approximate surface area is 75.5 Å². The highest BCUT2D eigenvalue weighted by Gasteiger charge is 2.13. The molecule has 0 spiro atoms. The van der Waals surface area contributed by atoms with Gasteiger partial charge < -0.3 is 4.74 Å². The highest BCUT2D eigenvalue weighted by Crippen LogP contribution is 2.16. The molecular weight excluding hydrogens is 148 g/mol. The van der Waals surface area contributed by atoms with Crippen molar-refractivity contribution in [3.63, 3.8) is 0 Å². The van der Waals surface area contributed by atoms with E-state index in [1.165, 1.54) is 6.42 Å². The standard InChI is InChI=1S/C11H18O/c1-11(2,3)7-4-5-10-6-8-12-9-10/h10H,5-6,8-9H2,1-3H3. The van der Waals surface area contributed by atoms with Gasteiger partial charge in [-0.05, 0) is 33.1 Å². The summed E-state index contributed by atoms with van der Waals surface area (Å²) in [6.45, 7) is 8.28. The number of hydrogen-bond donors (Lipinski definition) is 0. The molecule has 0 aromatic heterocycles. The van der Waals surface area contributed by atoms with Crippen LogP contribution in [-0.2, 0) is 4.74 Å². The first-order valence-electron chi connectivity index (χ1n) is 4.66. The van der Waals surface area contributed by atoms with Gasteiger partial charge in [-0.25, -0.2) is 0 Å². The molecule has 1 saturated heterocycles. The van der Waals surface area contributed by atoms with Crippen molar-refractivity contribution in [2.24, 2.45) is 11.3 Å². The van der Waals surface area contributed by atoms with Crippen LogP contribution in [0.5, 0.6) is 0 Å². The summed E-state index contributed by atoms with van der Waals surface area (Å²) >= 11 is 0. The molecule has 1 atom stereocenters. The van der Waals surface area contributed by atoms with E-state index in [9.17, 15) is 0 Å². The van der Waals surface area contributed by atoms with Crippen LogP contribution in [0.2, 0.25) is 0 Å². The average molecular weight is 166 g/mol. The predicted molar refractivity (Wildman–Crippen MR) is 50.8 cm³/mol. The van der Waals surface area contributed by atoms with Gasteiger partial charge >= 0.3 is 0 Å². The molecule has 0 aromatic rings. The molecule has 0 radical (unpaired) electrons. The zero-order chi connectivity index (χ0) is 9.03. The predicted octanol–water partition coefficient (Wildman–Crippen LogP) is 2.46. The molecule has 1 heterocycles. The van der Waals surface area contributed by atoms with E-state index in [1.54, 1.807) is 0 Å². The van der Waals surface area contributed by atoms with Crippen molar-refractivity contribution in [2.45, 2.75) is 33.6 Å². The molecule has 0 aromatic carbocycles. The monoisotopic (exact) mass is 166 g/mol. The summed E-state index contributed by atoms with van der Waals surface area (Å²) in [6.07, 6.45) is 2.20. The van der Waals surface area contributed by atoms with Crippen molar-refractivity contribution < 1.29 is 4.74 Å². The number of rotatable bonds is 1. The molecular formula is C11H18O. The number of ether oxygens (including phenoxy) is 1. The maximum atomic E-state index is 5.27. The highest BCUT2D eigenvalue weighted by molar-refractivity contribution is 5.07. The third-order valence-corrected chi connectivity index (χ3v) is 1.88. The van der Waals surface area contributed by atoms with E-state index >= 15 is 0 Å². The van der Waals surface area contributed by atoms with E-state index in [-0.39, 0.29) is 5.41 Å². The summed E-state index contributed by atoms with van der Waals surface area (Å²) in [5.74, 6) is 7.17. The quantitative estimate of drug-likeness (QED) is 0.544. The van der Waals surface area contributed by atoms with Crippen LogP contribution in [0.25, 0.3) is 0 Å². The SMILES string of the molecule is CC(C)(C)C#CCC1CCOC1. The Morgan fingerprint density at radius 3 is 2.67 bits per heavy atom. The fourth-order valence-electron chi connectivity index (χ4n) is 1.20. The minimum atomic E-state index is 0.152. The molecule has 1 aliphatic heterocycles. The van der Waals surface area contributed by atoms with Crippen LogP contribution in [0, 0.1) is 23.2 Å². The second-order valence-electron chi connectivity index (χ2n) is 4.49. The van der Waals surface area contributed by atoms with Gasteiger partial charge in [-0.3, -0.25) is 0 Å². The Morgan fingerprint density at radius 1 is 1.42 bits per heavy atom. The lowest BCUT2D eigenvalue weighted by molar-refractivity contribution is 0.186. The first kappa shape index (κ1) is 9.61. The highest BCUT2D eigenvalue weighted by atomic mass is 16.5. The molecule has 0 saturated carbocycles. The van der Waals surface area contributed by atoms with Gasteiger partial charge in [0.1, 0.15) is 0 Å². The van der Waals surface area contributed by atoms with Crippen LogP contribution in [0.4, 0.5) is 0 Å². The summed E-state index contributed by atoms with van der Waals surface area (Å²) in [5.41, 5.74) is 0.152. The van der Waals surface area contributed by atoms with Crippen molar-refractivity contribution in [1.29, 1.82) is 0 Å². The fraction of sp³-hybridized carbons (Fsp3) is 0.818. The summed E-state index contributed by atoms with van der Waals surface area (Å²) in [5, 5.41) is 0. The zero-order valence-corrected chi connectivity index (χ0v) is 8.31. The first-order valence-corrected chi connectivity index (χ1v) is 4.66. The van der Waals surface area contributed by atoms with Gasteiger partial charge in [0, 0.05) is 18.4 Å². The van der Waals surface area contributed by atoms with Crippen molar-refractivity contribution in [1.82, 2.24) is 0 Å². The molecule has 0 N–H and O–H groups in total. The summed E-state index contributed by atoms with van der Waals surface area (Å²) < 4.78 is 5.27. The molecule has 68 valence electrons. The van der Waals surface area contributed by atoms with E-state index in [0.717, 1.165) is 19.6 Å². The lowest BCUT2D eigenvalue weighted by Gasteiger charge is -2.07. The maximum Gasteiger partial charge on any atom is 0.0504 e. The fourth-order valence-corrected chi connectivity index (χ4v) is 1.20. The Kier molecular flexibility index (Phi) is 3.17. The molecule has 1 nitrogen and oxygen atoms in total. The van der Waals surface area contributed by atoms with Gasteiger partial charge in [0.05, 0.1) is 6.61 Å². The third-order valence-electron chi connectivity index (χ3n) is 1.88. The largest absolute Gasteiger partial charge is 0.381 e. The van der Waals surface area contributed by atoms with Gasteiger partial charge in [-0.1, -0.05) is 5.92 Å².